The molecule has 0 saturated carbocycles. The number of halogens is 2. The molecule has 1 aromatic carbocycles. The molecule has 0 heterocycles. The van der Waals surface area contributed by atoms with E-state index in [1.165, 1.54) is 0 Å². The molecule has 0 radical (unpaired) electrons. The molecule has 0 spiro atoms. The zero-order valence-corrected chi connectivity index (χ0v) is 12.7. The molecule has 0 aliphatic rings. The highest BCUT2D eigenvalue weighted by Gasteiger charge is 2.27. The number of nitrogens with one attached hydrogen (secondary N) is 1. The minimum Gasteiger partial charge on any atom is -0.491 e. The molecular weight excluding hydrogens is 280 g/mol. The lowest BCUT2D eigenvalue weighted by atomic mass is 9.92. The van der Waals surface area contributed by atoms with Gasteiger partial charge in [-0.1, -0.05) is 13.8 Å². The van der Waals surface area contributed by atoms with Crippen LogP contribution in [0.2, 0.25) is 0 Å². The van der Waals surface area contributed by atoms with Gasteiger partial charge in [-0.3, -0.25) is 4.79 Å². The molecule has 1 unspecified atom stereocenters. The largest absolute Gasteiger partial charge is 0.491 e. The van der Waals surface area contributed by atoms with Crippen LogP contribution in [-0.2, 0) is 0 Å². The summed E-state index contributed by atoms with van der Waals surface area (Å²) in [5.74, 6) is -3.24. The highest BCUT2D eigenvalue weighted by molar-refractivity contribution is 5.95. The highest BCUT2D eigenvalue weighted by atomic mass is 19.1. The summed E-state index contributed by atoms with van der Waals surface area (Å²) in [5.41, 5.74) is -1.87. The maximum absolute atomic E-state index is 14.1. The number of aliphatic hydroxyl groups is 1. The second-order valence-electron chi connectivity index (χ2n) is 5.36. The van der Waals surface area contributed by atoms with Crippen LogP contribution in [0.1, 0.15) is 38.1 Å². The molecule has 21 heavy (non-hydrogen) atoms. The quantitative estimate of drug-likeness (QED) is 0.849. The van der Waals surface area contributed by atoms with Crippen LogP contribution < -0.4 is 10.1 Å². The minimum atomic E-state index is -1.17. The van der Waals surface area contributed by atoms with Crippen molar-refractivity contribution in [2.75, 3.05) is 13.2 Å². The van der Waals surface area contributed by atoms with Gasteiger partial charge in [0.2, 0.25) is 0 Å². The first-order valence-electron chi connectivity index (χ1n) is 6.82. The first-order valence-corrected chi connectivity index (χ1v) is 6.82. The molecule has 1 aromatic rings. The van der Waals surface area contributed by atoms with Gasteiger partial charge in [-0.15, -0.1) is 0 Å². The zero-order chi connectivity index (χ0) is 16.2. The molecule has 1 rings (SSSR count). The summed E-state index contributed by atoms with van der Waals surface area (Å²) < 4.78 is 32.7. The lowest BCUT2D eigenvalue weighted by Crippen LogP contribution is -2.44. The Morgan fingerprint density at radius 1 is 1.43 bits per heavy atom. The summed E-state index contributed by atoms with van der Waals surface area (Å²) in [4.78, 5) is 12.0. The Balaban J connectivity index is 2.95. The number of rotatable bonds is 6. The highest BCUT2D eigenvalue weighted by Crippen LogP contribution is 2.23. The second kappa shape index (κ2) is 6.85. The van der Waals surface area contributed by atoms with Crippen molar-refractivity contribution in [2.24, 2.45) is 5.92 Å². The first-order chi connectivity index (χ1) is 9.70. The first kappa shape index (κ1) is 17.4. The maximum atomic E-state index is 14.1. The third kappa shape index (κ3) is 4.14. The average Bonchev–Trinajstić information content (AvgIpc) is 2.40. The Kier molecular flexibility index (Phi) is 5.66. The summed E-state index contributed by atoms with van der Waals surface area (Å²) in [6.07, 6.45) is 0. The van der Waals surface area contributed by atoms with Crippen molar-refractivity contribution in [3.05, 3.63) is 29.3 Å². The monoisotopic (exact) mass is 301 g/mol. The number of carbonyl (C=O) groups excluding carboxylic acids is 1. The van der Waals surface area contributed by atoms with Crippen LogP contribution in [0.4, 0.5) is 8.78 Å². The van der Waals surface area contributed by atoms with E-state index in [1.54, 1.807) is 27.7 Å². The lowest BCUT2D eigenvalue weighted by molar-refractivity contribution is 0.0141. The van der Waals surface area contributed by atoms with E-state index in [2.05, 4.69) is 5.32 Å². The summed E-state index contributed by atoms with van der Waals surface area (Å²) >= 11 is 0. The number of hydrogen-bond acceptors (Lipinski definition) is 3. The van der Waals surface area contributed by atoms with E-state index in [9.17, 15) is 18.7 Å². The zero-order valence-electron chi connectivity index (χ0n) is 12.7. The topological polar surface area (TPSA) is 58.6 Å². The van der Waals surface area contributed by atoms with E-state index in [-0.39, 0.29) is 24.8 Å². The minimum absolute atomic E-state index is 0.110. The summed E-state index contributed by atoms with van der Waals surface area (Å²) in [7, 11) is 0. The molecule has 0 bridgehead atoms. The van der Waals surface area contributed by atoms with Crippen molar-refractivity contribution < 1.29 is 23.4 Å². The molecule has 6 heteroatoms. The number of hydrogen-bond donors (Lipinski definition) is 2. The fraction of sp³-hybridized carbons (Fsp3) is 0.533. The van der Waals surface area contributed by atoms with Crippen molar-refractivity contribution in [3.8, 4) is 5.75 Å². The van der Waals surface area contributed by atoms with E-state index in [4.69, 9.17) is 4.74 Å². The fourth-order valence-electron chi connectivity index (χ4n) is 1.56. The third-order valence-electron chi connectivity index (χ3n) is 3.43. The Morgan fingerprint density at radius 3 is 2.57 bits per heavy atom. The van der Waals surface area contributed by atoms with Gasteiger partial charge in [0.25, 0.3) is 5.91 Å². The predicted molar refractivity (Wildman–Crippen MR) is 75.3 cm³/mol. The van der Waals surface area contributed by atoms with Crippen molar-refractivity contribution >= 4 is 5.91 Å². The molecule has 0 aromatic heterocycles. The van der Waals surface area contributed by atoms with E-state index in [0.717, 1.165) is 12.1 Å². The predicted octanol–water partition coefficient (Wildman–Crippen LogP) is 2.50. The van der Waals surface area contributed by atoms with Gasteiger partial charge in [-0.25, -0.2) is 8.78 Å². The average molecular weight is 301 g/mol. The molecule has 0 aliphatic heterocycles. The van der Waals surface area contributed by atoms with E-state index >= 15 is 0 Å². The van der Waals surface area contributed by atoms with Crippen molar-refractivity contribution in [2.45, 2.75) is 33.3 Å². The van der Waals surface area contributed by atoms with Gasteiger partial charge in [0.1, 0.15) is 11.4 Å². The van der Waals surface area contributed by atoms with Crippen molar-refractivity contribution in [1.29, 1.82) is 0 Å². The third-order valence-corrected chi connectivity index (χ3v) is 3.43. The van der Waals surface area contributed by atoms with Crippen LogP contribution in [-0.4, -0.2) is 29.8 Å². The smallest absolute Gasteiger partial charge is 0.257 e. The van der Waals surface area contributed by atoms with Crippen molar-refractivity contribution in [1.82, 2.24) is 5.32 Å². The van der Waals surface area contributed by atoms with E-state index in [0.29, 0.717) is 0 Å². The van der Waals surface area contributed by atoms with Gasteiger partial charge in [0.05, 0.1) is 12.2 Å². The van der Waals surface area contributed by atoms with Crippen LogP contribution in [0.5, 0.6) is 5.75 Å². The second-order valence-corrected chi connectivity index (χ2v) is 5.36. The number of benzene rings is 1. The molecule has 0 fully saturated rings. The molecule has 2 N–H and O–H groups in total. The molecule has 118 valence electrons. The Bertz CT molecular complexity index is 516. The number of carbonyl (C=O) groups is 1. The molecule has 1 amide bonds. The van der Waals surface area contributed by atoms with Crippen LogP contribution in [0.3, 0.4) is 0 Å². The van der Waals surface area contributed by atoms with Crippen LogP contribution >= 0.6 is 0 Å². The lowest BCUT2D eigenvalue weighted by Gasteiger charge is -2.27. The van der Waals surface area contributed by atoms with Gasteiger partial charge in [-0.05, 0) is 31.9 Å². The van der Waals surface area contributed by atoms with Crippen LogP contribution in [0.25, 0.3) is 0 Å². The van der Waals surface area contributed by atoms with Crippen LogP contribution in [0.15, 0.2) is 12.1 Å². The SMILES string of the molecule is CCOc1ccc(F)c(C(=O)NCC(C)(O)C(C)C)c1F. The molecule has 1 atom stereocenters. The Labute approximate surface area is 123 Å². The standard InChI is InChI=1S/C15H21F2NO3/c1-5-21-11-7-6-10(16)12(13(11)17)14(19)18-8-15(4,20)9(2)3/h6-7,9,20H,5,8H2,1-4H3,(H,18,19). The molecule has 0 aliphatic carbocycles. The van der Waals surface area contributed by atoms with Gasteiger partial charge >= 0.3 is 0 Å². The van der Waals surface area contributed by atoms with Crippen LogP contribution in [0, 0.1) is 17.6 Å². The Morgan fingerprint density at radius 2 is 2.05 bits per heavy atom. The molecular formula is C15H21F2NO3. The van der Waals surface area contributed by atoms with E-state index in [1.807, 2.05) is 0 Å². The molecule has 4 nitrogen and oxygen atoms in total. The van der Waals surface area contributed by atoms with Crippen molar-refractivity contribution in [3.63, 3.8) is 0 Å². The maximum Gasteiger partial charge on any atom is 0.257 e. The normalized spacial score (nSPS) is 13.9. The summed E-state index contributed by atoms with van der Waals surface area (Å²) in [6, 6.07) is 2.11. The summed E-state index contributed by atoms with van der Waals surface area (Å²) in [5, 5.41) is 12.4. The van der Waals surface area contributed by atoms with E-state index < -0.39 is 28.7 Å². The fourth-order valence-corrected chi connectivity index (χ4v) is 1.56. The number of ether oxygens (including phenoxy) is 1. The van der Waals surface area contributed by atoms with Gasteiger partial charge < -0.3 is 15.2 Å². The molecule has 0 saturated heterocycles. The summed E-state index contributed by atoms with van der Waals surface area (Å²) in [6.45, 7) is 6.85. The van der Waals surface area contributed by atoms with Gasteiger partial charge in [-0.2, -0.15) is 0 Å². The Hall–Kier alpha value is -1.69. The van der Waals surface area contributed by atoms with Gasteiger partial charge in [0, 0.05) is 6.54 Å². The van der Waals surface area contributed by atoms with Gasteiger partial charge in [0.15, 0.2) is 11.6 Å². The number of amides is 1.